The lowest BCUT2D eigenvalue weighted by Crippen LogP contribution is -2.51. The number of carbonyl (C=O) groups excluding carboxylic acids is 3. The molecule has 20 heavy (non-hydrogen) atoms. The first-order chi connectivity index (χ1) is 9.52. The van der Waals surface area contributed by atoms with Crippen LogP contribution in [0.4, 0.5) is 0 Å². The Balaban J connectivity index is 1.92. The van der Waals surface area contributed by atoms with Crippen LogP contribution in [0.1, 0.15) is 29.0 Å². The molecule has 2 heterocycles. The van der Waals surface area contributed by atoms with Gasteiger partial charge in [-0.2, -0.15) is 0 Å². The number of aromatic nitrogens is 1. The summed E-state index contributed by atoms with van der Waals surface area (Å²) < 4.78 is 4.60. The van der Waals surface area contributed by atoms with Gasteiger partial charge in [-0.1, -0.05) is 0 Å². The first-order valence-electron chi connectivity index (χ1n) is 6.33. The predicted molar refractivity (Wildman–Crippen MR) is 69.8 cm³/mol. The fourth-order valence-electron chi connectivity index (χ4n) is 2.11. The Morgan fingerprint density at radius 3 is 2.95 bits per heavy atom. The predicted octanol–water partition coefficient (Wildman–Crippen LogP) is 0.0383. The average molecular weight is 279 g/mol. The molecule has 0 aliphatic carbocycles. The minimum atomic E-state index is -0.435. The second-order valence-corrected chi connectivity index (χ2v) is 4.65. The fourth-order valence-corrected chi connectivity index (χ4v) is 2.11. The molecule has 1 atom stereocenters. The van der Waals surface area contributed by atoms with Gasteiger partial charge in [0.05, 0.1) is 13.2 Å². The van der Waals surface area contributed by atoms with E-state index in [1.54, 1.807) is 12.1 Å². The molecular weight excluding hydrogens is 262 g/mol. The van der Waals surface area contributed by atoms with Crippen LogP contribution in [0, 0.1) is 0 Å². The van der Waals surface area contributed by atoms with Gasteiger partial charge in [0.25, 0.3) is 0 Å². The zero-order valence-electron chi connectivity index (χ0n) is 11.4. The third kappa shape index (κ3) is 2.88. The van der Waals surface area contributed by atoms with E-state index in [2.05, 4.69) is 15.0 Å². The third-order valence-corrected chi connectivity index (χ3v) is 3.34. The molecule has 1 aromatic rings. The standard InChI is InChI=1S/C13H17N3O4/c1-16-11(17)6-5-9(12(16)18)14-7-8-3-4-10(15-8)13(19)20-2/h3-4,9,14-15H,5-7H2,1-2H3. The summed E-state index contributed by atoms with van der Waals surface area (Å²) in [6, 6.07) is 3.00. The minimum Gasteiger partial charge on any atom is -0.464 e. The smallest absolute Gasteiger partial charge is 0.354 e. The van der Waals surface area contributed by atoms with Crippen molar-refractivity contribution in [3.05, 3.63) is 23.5 Å². The van der Waals surface area contributed by atoms with Crippen molar-refractivity contribution >= 4 is 17.8 Å². The summed E-state index contributed by atoms with van der Waals surface area (Å²) in [4.78, 5) is 38.6. The Morgan fingerprint density at radius 2 is 2.25 bits per heavy atom. The quantitative estimate of drug-likeness (QED) is 0.599. The van der Waals surface area contributed by atoms with E-state index in [4.69, 9.17) is 0 Å². The number of nitrogens with zero attached hydrogens (tertiary/aromatic N) is 1. The number of nitrogens with one attached hydrogen (secondary N) is 2. The maximum absolute atomic E-state index is 11.9. The van der Waals surface area contributed by atoms with Crippen LogP contribution < -0.4 is 5.32 Å². The van der Waals surface area contributed by atoms with Crippen LogP contribution in [-0.4, -0.2) is 47.9 Å². The molecule has 2 amide bonds. The van der Waals surface area contributed by atoms with Gasteiger partial charge in [0.2, 0.25) is 11.8 Å². The van der Waals surface area contributed by atoms with Crippen molar-refractivity contribution in [3.63, 3.8) is 0 Å². The number of hydrogen-bond acceptors (Lipinski definition) is 5. The lowest BCUT2D eigenvalue weighted by molar-refractivity contribution is -0.148. The monoisotopic (exact) mass is 279 g/mol. The lowest BCUT2D eigenvalue weighted by Gasteiger charge is -2.28. The summed E-state index contributed by atoms with van der Waals surface area (Å²) in [5, 5.41) is 3.08. The molecule has 1 fully saturated rings. The maximum atomic E-state index is 11.9. The van der Waals surface area contributed by atoms with Gasteiger partial charge in [-0.05, 0) is 18.6 Å². The van der Waals surface area contributed by atoms with E-state index in [1.807, 2.05) is 0 Å². The van der Waals surface area contributed by atoms with Crippen LogP contribution in [0.25, 0.3) is 0 Å². The van der Waals surface area contributed by atoms with E-state index in [9.17, 15) is 14.4 Å². The highest BCUT2D eigenvalue weighted by atomic mass is 16.5. The second-order valence-electron chi connectivity index (χ2n) is 4.65. The molecule has 1 saturated heterocycles. The van der Waals surface area contributed by atoms with Crippen LogP contribution >= 0.6 is 0 Å². The number of ether oxygens (including phenoxy) is 1. The molecule has 0 radical (unpaired) electrons. The Hall–Kier alpha value is -2.15. The van der Waals surface area contributed by atoms with Crippen molar-refractivity contribution < 1.29 is 19.1 Å². The van der Waals surface area contributed by atoms with Gasteiger partial charge in [0, 0.05) is 25.7 Å². The highest BCUT2D eigenvalue weighted by Crippen LogP contribution is 2.12. The number of imide groups is 1. The largest absolute Gasteiger partial charge is 0.464 e. The minimum absolute atomic E-state index is 0.152. The number of carbonyl (C=O) groups is 3. The number of hydrogen-bond donors (Lipinski definition) is 2. The highest BCUT2D eigenvalue weighted by Gasteiger charge is 2.31. The maximum Gasteiger partial charge on any atom is 0.354 e. The summed E-state index contributed by atoms with van der Waals surface area (Å²) in [7, 11) is 2.80. The highest BCUT2D eigenvalue weighted by molar-refractivity contribution is 6.00. The SMILES string of the molecule is COC(=O)c1ccc(CNC2CCC(=O)N(C)C2=O)[nH]1. The van der Waals surface area contributed by atoms with Crippen LogP contribution in [-0.2, 0) is 20.9 Å². The molecule has 0 bridgehead atoms. The number of amides is 2. The summed E-state index contributed by atoms with van der Waals surface area (Å²) in [5.41, 5.74) is 1.14. The molecule has 7 heteroatoms. The zero-order valence-corrected chi connectivity index (χ0v) is 11.4. The molecule has 2 rings (SSSR count). The van der Waals surface area contributed by atoms with E-state index >= 15 is 0 Å². The number of H-pyrrole nitrogens is 1. The fraction of sp³-hybridized carbons (Fsp3) is 0.462. The van der Waals surface area contributed by atoms with Crippen molar-refractivity contribution in [2.24, 2.45) is 0 Å². The van der Waals surface area contributed by atoms with Crippen molar-refractivity contribution in [3.8, 4) is 0 Å². The number of methoxy groups -OCH3 is 1. The van der Waals surface area contributed by atoms with E-state index in [1.165, 1.54) is 14.2 Å². The average Bonchev–Trinajstić information content (AvgIpc) is 2.92. The summed E-state index contributed by atoms with van der Waals surface area (Å²) >= 11 is 0. The molecule has 0 saturated carbocycles. The number of likely N-dealkylation sites (tertiary alicyclic amines) is 1. The van der Waals surface area contributed by atoms with Gasteiger partial charge in [-0.25, -0.2) is 4.79 Å². The Bertz CT molecular complexity index is 537. The van der Waals surface area contributed by atoms with Gasteiger partial charge in [0.1, 0.15) is 5.69 Å². The van der Waals surface area contributed by atoms with Crippen LogP contribution in [0.15, 0.2) is 12.1 Å². The van der Waals surface area contributed by atoms with Crippen LogP contribution in [0.3, 0.4) is 0 Å². The number of likely N-dealkylation sites (N-methyl/N-ethyl adjacent to an activating group) is 1. The Kier molecular flexibility index (Phi) is 4.19. The van der Waals surface area contributed by atoms with Crippen molar-refractivity contribution in [1.82, 2.24) is 15.2 Å². The lowest BCUT2D eigenvalue weighted by atomic mass is 10.0. The summed E-state index contributed by atoms with van der Waals surface area (Å²) in [6.07, 6.45) is 0.852. The van der Waals surface area contributed by atoms with Crippen LogP contribution in [0.2, 0.25) is 0 Å². The molecule has 1 aliphatic rings. The normalized spacial score (nSPS) is 19.3. The molecule has 108 valence electrons. The van der Waals surface area contributed by atoms with Crippen LogP contribution in [0.5, 0.6) is 0 Å². The molecule has 7 nitrogen and oxygen atoms in total. The number of rotatable bonds is 4. The molecule has 1 unspecified atom stereocenters. The zero-order chi connectivity index (χ0) is 14.7. The molecule has 1 aromatic heterocycles. The topological polar surface area (TPSA) is 91.5 Å². The van der Waals surface area contributed by atoms with Crippen molar-refractivity contribution in [2.75, 3.05) is 14.2 Å². The van der Waals surface area contributed by atoms with E-state index in [-0.39, 0.29) is 17.9 Å². The number of esters is 1. The van der Waals surface area contributed by atoms with Gasteiger partial charge in [0.15, 0.2) is 0 Å². The molecule has 0 aromatic carbocycles. The van der Waals surface area contributed by atoms with Gasteiger partial charge in [-0.3, -0.25) is 14.5 Å². The van der Waals surface area contributed by atoms with E-state index < -0.39 is 5.97 Å². The number of aromatic amines is 1. The van der Waals surface area contributed by atoms with E-state index in [0.29, 0.717) is 25.1 Å². The Labute approximate surface area is 116 Å². The molecule has 0 spiro atoms. The number of piperidine rings is 1. The van der Waals surface area contributed by atoms with Gasteiger partial charge < -0.3 is 15.0 Å². The van der Waals surface area contributed by atoms with Crippen molar-refractivity contribution in [2.45, 2.75) is 25.4 Å². The van der Waals surface area contributed by atoms with E-state index in [0.717, 1.165) is 10.6 Å². The van der Waals surface area contributed by atoms with Gasteiger partial charge >= 0.3 is 5.97 Å². The first-order valence-corrected chi connectivity index (χ1v) is 6.33. The van der Waals surface area contributed by atoms with Crippen molar-refractivity contribution in [1.29, 1.82) is 0 Å². The summed E-state index contributed by atoms with van der Waals surface area (Å²) in [6.45, 7) is 0.412. The molecular formula is C13H17N3O4. The third-order valence-electron chi connectivity index (χ3n) is 3.34. The molecule has 2 N–H and O–H groups in total. The van der Waals surface area contributed by atoms with Gasteiger partial charge in [-0.15, -0.1) is 0 Å². The Morgan fingerprint density at radius 1 is 1.50 bits per heavy atom. The summed E-state index contributed by atoms with van der Waals surface area (Å²) in [5.74, 6) is -0.808. The first kappa shape index (κ1) is 14.3. The molecule has 1 aliphatic heterocycles. The second kappa shape index (κ2) is 5.87.